The molecular weight excluding hydrogens is 462 g/mol. The van der Waals surface area contributed by atoms with Crippen molar-refractivity contribution < 1.29 is 19.0 Å². The van der Waals surface area contributed by atoms with E-state index in [1.165, 1.54) is 0 Å². The Morgan fingerprint density at radius 1 is 1.11 bits per heavy atom. The lowest BCUT2D eigenvalue weighted by Crippen LogP contribution is -2.39. The summed E-state index contributed by atoms with van der Waals surface area (Å²) >= 11 is 1.62. The van der Waals surface area contributed by atoms with E-state index >= 15 is 0 Å². The maximum atomic E-state index is 12.7. The molecule has 0 radical (unpaired) electrons. The zero-order valence-corrected chi connectivity index (χ0v) is 22.4. The van der Waals surface area contributed by atoms with Gasteiger partial charge in [-0.15, -0.1) is 11.3 Å². The van der Waals surface area contributed by atoms with Gasteiger partial charge < -0.3 is 19.5 Å². The third-order valence-electron chi connectivity index (χ3n) is 5.44. The molecule has 0 aliphatic carbocycles. The highest BCUT2D eigenvalue weighted by Crippen LogP contribution is 2.29. The van der Waals surface area contributed by atoms with E-state index in [2.05, 4.69) is 39.5 Å². The average Bonchev–Trinajstić information content (AvgIpc) is 3.23. The van der Waals surface area contributed by atoms with Crippen LogP contribution in [0.3, 0.4) is 0 Å². The third-order valence-corrected chi connectivity index (χ3v) is 6.42. The lowest BCUT2D eigenvalue weighted by atomic mass is 10.0. The Bertz CT molecular complexity index is 1120. The maximum Gasteiger partial charge on any atom is 0.408 e. The monoisotopic (exact) mass is 497 g/mol. The molecule has 1 aromatic heterocycles. The number of amides is 1. The first-order valence-electron chi connectivity index (χ1n) is 11.5. The van der Waals surface area contributed by atoms with E-state index in [4.69, 9.17) is 14.2 Å². The van der Waals surface area contributed by atoms with Gasteiger partial charge in [0.1, 0.15) is 17.1 Å². The van der Waals surface area contributed by atoms with Gasteiger partial charge in [0.25, 0.3) is 0 Å². The van der Waals surface area contributed by atoms with Crippen LogP contribution in [0.1, 0.15) is 43.6 Å². The van der Waals surface area contributed by atoms with E-state index < -0.39 is 11.7 Å². The van der Waals surface area contributed by atoms with Crippen LogP contribution >= 0.6 is 11.3 Å². The Balaban J connectivity index is 1.80. The van der Waals surface area contributed by atoms with Crippen LogP contribution in [0.15, 0.2) is 48.0 Å². The molecule has 1 heterocycles. The summed E-state index contributed by atoms with van der Waals surface area (Å²) in [7, 11) is 5.30. The zero-order valence-electron chi connectivity index (χ0n) is 21.5. The molecule has 8 heteroatoms. The van der Waals surface area contributed by atoms with E-state index in [1.807, 2.05) is 58.5 Å². The first-order chi connectivity index (χ1) is 16.6. The van der Waals surface area contributed by atoms with E-state index in [1.54, 1.807) is 25.6 Å². The normalized spacial score (nSPS) is 12.3. The highest BCUT2D eigenvalue weighted by atomic mass is 32.1. The van der Waals surface area contributed by atoms with Crippen LogP contribution in [0, 0.1) is 6.92 Å². The first kappa shape index (κ1) is 26.5. The van der Waals surface area contributed by atoms with Crippen molar-refractivity contribution in [1.82, 2.24) is 15.2 Å². The summed E-state index contributed by atoms with van der Waals surface area (Å²) < 4.78 is 16.4. The van der Waals surface area contributed by atoms with Gasteiger partial charge in [0, 0.05) is 24.7 Å². The smallest absolute Gasteiger partial charge is 0.408 e. The molecule has 7 nitrogen and oxygen atoms in total. The summed E-state index contributed by atoms with van der Waals surface area (Å²) in [4.78, 5) is 20.3. The lowest BCUT2D eigenvalue weighted by molar-refractivity contribution is 0.0493. The summed E-state index contributed by atoms with van der Waals surface area (Å²) in [5.74, 6) is 1.51. The fourth-order valence-corrected chi connectivity index (χ4v) is 4.59. The van der Waals surface area contributed by atoms with Gasteiger partial charge in [-0.25, -0.2) is 9.78 Å². The van der Waals surface area contributed by atoms with E-state index in [9.17, 15) is 4.79 Å². The molecule has 0 spiro atoms. The molecule has 188 valence electrons. The number of benzene rings is 2. The Morgan fingerprint density at radius 3 is 2.40 bits per heavy atom. The molecule has 0 saturated heterocycles. The van der Waals surface area contributed by atoms with Crippen molar-refractivity contribution in [1.29, 1.82) is 0 Å². The Labute approximate surface area is 212 Å². The number of nitrogens with zero attached hydrogens (tertiary/aromatic N) is 2. The van der Waals surface area contributed by atoms with Crippen molar-refractivity contribution >= 4 is 17.4 Å². The summed E-state index contributed by atoms with van der Waals surface area (Å²) in [6.07, 6.45) is -0.444. The summed E-state index contributed by atoms with van der Waals surface area (Å²) in [5.41, 5.74) is 5.43. The lowest BCUT2D eigenvalue weighted by Gasteiger charge is -2.28. The minimum atomic E-state index is -0.579. The average molecular weight is 498 g/mol. The van der Waals surface area contributed by atoms with Gasteiger partial charge in [0.05, 0.1) is 36.3 Å². The third kappa shape index (κ3) is 7.44. The van der Waals surface area contributed by atoms with Crippen LogP contribution in [-0.2, 0) is 11.3 Å². The topological polar surface area (TPSA) is 72.9 Å². The molecule has 0 fully saturated rings. The quantitative estimate of drug-likeness (QED) is 0.401. The number of carbonyl (C=O) groups is 1. The number of likely N-dealkylation sites (N-methyl/N-ethyl adjacent to an activating group) is 1. The van der Waals surface area contributed by atoms with Gasteiger partial charge in [0.15, 0.2) is 0 Å². The van der Waals surface area contributed by atoms with E-state index in [0.717, 1.165) is 38.8 Å². The number of carbonyl (C=O) groups excluding carboxylic acids is 1. The van der Waals surface area contributed by atoms with Crippen molar-refractivity contribution in [3.63, 3.8) is 0 Å². The number of alkyl carbamates (subject to hydrolysis) is 1. The van der Waals surface area contributed by atoms with Crippen LogP contribution in [0.4, 0.5) is 4.79 Å². The molecule has 1 N–H and O–H groups in total. The van der Waals surface area contributed by atoms with Crippen molar-refractivity contribution in [2.24, 2.45) is 0 Å². The van der Waals surface area contributed by atoms with Crippen molar-refractivity contribution in [3.05, 3.63) is 64.8 Å². The summed E-state index contributed by atoms with van der Waals surface area (Å²) in [6.45, 7) is 8.79. The SMILES string of the molecule is COc1ccc(CN(C)C[C@H](NC(=O)OC(C)(C)C)c2ccc(-c3scnc3C)cc2)c(OC)c1. The van der Waals surface area contributed by atoms with Crippen LogP contribution < -0.4 is 14.8 Å². The summed E-state index contributed by atoms with van der Waals surface area (Å²) in [5, 5.41) is 3.06. The first-order valence-corrected chi connectivity index (χ1v) is 12.4. The van der Waals surface area contributed by atoms with Gasteiger partial charge in [-0.1, -0.05) is 30.3 Å². The number of methoxy groups -OCH3 is 2. The van der Waals surface area contributed by atoms with Crippen molar-refractivity contribution in [2.75, 3.05) is 27.8 Å². The number of hydrogen-bond donors (Lipinski definition) is 1. The predicted molar refractivity (Wildman–Crippen MR) is 140 cm³/mol. The molecular formula is C27H35N3O4S. The standard InChI is InChI=1S/C27H35N3O4S/c1-18-25(35-17-28-18)20-10-8-19(9-11-20)23(29-26(31)34-27(2,3)4)16-30(5)15-21-12-13-22(32-6)14-24(21)33-7/h8-14,17,23H,15-16H2,1-7H3,(H,29,31)/t23-/m0/s1. The second-order valence-electron chi connectivity index (χ2n) is 9.46. The van der Waals surface area contributed by atoms with E-state index in [0.29, 0.717) is 13.1 Å². The van der Waals surface area contributed by atoms with Gasteiger partial charge >= 0.3 is 6.09 Å². The molecule has 0 aliphatic rings. The highest BCUT2D eigenvalue weighted by molar-refractivity contribution is 7.13. The minimum absolute atomic E-state index is 0.268. The Morgan fingerprint density at radius 2 is 1.83 bits per heavy atom. The molecule has 1 amide bonds. The number of thiazole rings is 1. The van der Waals surface area contributed by atoms with Gasteiger partial charge in [-0.3, -0.25) is 4.90 Å². The molecule has 2 aromatic carbocycles. The van der Waals surface area contributed by atoms with Crippen LogP contribution in [0.25, 0.3) is 10.4 Å². The molecule has 0 unspecified atom stereocenters. The molecule has 3 aromatic rings. The van der Waals surface area contributed by atoms with Crippen LogP contribution in [0.5, 0.6) is 11.5 Å². The van der Waals surface area contributed by atoms with Crippen molar-refractivity contribution in [2.45, 2.75) is 45.9 Å². The van der Waals surface area contributed by atoms with Gasteiger partial charge in [-0.05, 0) is 51.9 Å². The van der Waals surface area contributed by atoms with Gasteiger partial charge in [-0.2, -0.15) is 0 Å². The molecule has 3 rings (SSSR count). The Kier molecular flexibility index (Phi) is 8.75. The van der Waals surface area contributed by atoms with Crippen LogP contribution in [-0.4, -0.2) is 49.4 Å². The van der Waals surface area contributed by atoms with Crippen LogP contribution in [0.2, 0.25) is 0 Å². The second-order valence-corrected chi connectivity index (χ2v) is 10.3. The number of nitrogens with one attached hydrogen (secondary N) is 1. The number of ether oxygens (including phenoxy) is 3. The fraction of sp³-hybridized carbons (Fsp3) is 0.407. The largest absolute Gasteiger partial charge is 0.497 e. The molecule has 35 heavy (non-hydrogen) atoms. The molecule has 1 atom stereocenters. The minimum Gasteiger partial charge on any atom is -0.497 e. The molecule has 0 bridgehead atoms. The highest BCUT2D eigenvalue weighted by Gasteiger charge is 2.22. The van der Waals surface area contributed by atoms with Gasteiger partial charge in [0.2, 0.25) is 0 Å². The number of rotatable bonds is 9. The van der Waals surface area contributed by atoms with Crippen molar-refractivity contribution in [3.8, 4) is 21.9 Å². The predicted octanol–water partition coefficient (Wildman–Crippen LogP) is 5.83. The molecule has 0 aliphatic heterocycles. The number of hydrogen-bond acceptors (Lipinski definition) is 7. The number of aryl methyl sites for hydroxylation is 1. The molecule has 0 saturated carbocycles. The second kappa shape index (κ2) is 11.6. The number of aromatic nitrogens is 1. The fourth-order valence-electron chi connectivity index (χ4n) is 3.78. The summed E-state index contributed by atoms with van der Waals surface area (Å²) in [6, 6.07) is 13.8. The Hall–Kier alpha value is -3.10. The van der Waals surface area contributed by atoms with E-state index in [-0.39, 0.29) is 6.04 Å². The zero-order chi connectivity index (χ0) is 25.6. The maximum absolute atomic E-state index is 12.7.